The molecular formula is C25H23F2N5O. The van der Waals surface area contributed by atoms with Crippen molar-refractivity contribution in [3.63, 3.8) is 0 Å². The molecular weight excluding hydrogens is 424 g/mol. The number of methoxy groups -OCH3 is 1. The molecule has 8 heteroatoms. The Hall–Kier alpha value is -3.81. The number of hydrogen-bond acceptors (Lipinski definition) is 4. The van der Waals surface area contributed by atoms with Crippen LogP contribution in [-0.4, -0.2) is 31.4 Å². The van der Waals surface area contributed by atoms with E-state index in [0.29, 0.717) is 23.7 Å². The average Bonchev–Trinajstić information content (AvgIpc) is 3.46. The zero-order valence-electron chi connectivity index (χ0n) is 18.4. The van der Waals surface area contributed by atoms with Crippen LogP contribution in [0.3, 0.4) is 0 Å². The number of nitrogens with zero attached hydrogens (tertiary/aromatic N) is 5. The van der Waals surface area contributed by atoms with Crippen LogP contribution >= 0.6 is 0 Å². The lowest BCUT2D eigenvalue weighted by Crippen LogP contribution is -2.17. The maximum Gasteiger partial charge on any atom is 0.210 e. The molecule has 3 heterocycles. The summed E-state index contributed by atoms with van der Waals surface area (Å²) in [6.07, 6.45) is 6.77. The van der Waals surface area contributed by atoms with E-state index in [1.54, 1.807) is 36.3 Å². The number of imidazole rings is 1. The van der Waals surface area contributed by atoms with Gasteiger partial charge in [-0.2, -0.15) is 0 Å². The van der Waals surface area contributed by atoms with Crippen molar-refractivity contribution in [2.45, 2.75) is 32.2 Å². The lowest BCUT2D eigenvalue weighted by molar-refractivity contribution is 0.413. The Morgan fingerprint density at radius 3 is 2.73 bits per heavy atom. The minimum absolute atomic E-state index is 0.0357. The summed E-state index contributed by atoms with van der Waals surface area (Å²) in [5.74, 6) is 0.509. The molecule has 0 fully saturated rings. The van der Waals surface area contributed by atoms with Crippen molar-refractivity contribution >= 4 is 11.9 Å². The van der Waals surface area contributed by atoms with E-state index >= 15 is 4.39 Å². The molecule has 2 aromatic heterocycles. The van der Waals surface area contributed by atoms with E-state index in [9.17, 15) is 4.39 Å². The molecule has 0 aliphatic carbocycles. The van der Waals surface area contributed by atoms with Crippen molar-refractivity contribution in [3.8, 4) is 11.4 Å². The summed E-state index contributed by atoms with van der Waals surface area (Å²) in [5.41, 5.74) is 3.29. The maximum absolute atomic E-state index is 15.2. The normalized spacial score (nSPS) is 16.0. The molecule has 5 rings (SSSR count). The third-order valence-corrected chi connectivity index (χ3v) is 5.85. The molecule has 0 spiro atoms. The topological polar surface area (TPSA) is 57.8 Å². The van der Waals surface area contributed by atoms with Crippen LogP contribution < -0.4 is 4.74 Å². The van der Waals surface area contributed by atoms with Crippen molar-refractivity contribution in [2.75, 3.05) is 7.11 Å². The van der Waals surface area contributed by atoms with E-state index in [2.05, 4.69) is 15.1 Å². The molecule has 2 aromatic carbocycles. The Morgan fingerprint density at radius 2 is 2.00 bits per heavy atom. The van der Waals surface area contributed by atoms with E-state index in [1.807, 2.05) is 29.8 Å². The van der Waals surface area contributed by atoms with Gasteiger partial charge in [0, 0.05) is 18.7 Å². The lowest BCUT2D eigenvalue weighted by atomic mass is 9.91. The summed E-state index contributed by atoms with van der Waals surface area (Å²) >= 11 is 0. The van der Waals surface area contributed by atoms with Crippen molar-refractivity contribution in [1.82, 2.24) is 24.3 Å². The molecule has 6 nitrogen and oxygen atoms in total. The Bertz CT molecular complexity index is 1320. The van der Waals surface area contributed by atoms with E-state index in [0.717, 1.165) is 29.8 Å². The molecule has 0 bridgehead atoms. The Kier molecular flexibility index (Phi) is 5.50. The summed E-state index contributed by atoms with van der Waals surface area (Å²) in [4.78, 5) is 8.75. The third kappa shape index (κ3) is 4.16. The van der Waals surface area contributed by atoms with Crippen molar-refractivity contribution in [1.29, 1.82) is 0 Å². The summed E-state index contributed by atoms with van der Waals surface area (Å²) in [7, 11) is 1.58. The van der Waals surface area contributed by atoms with E-state index in [-0.39, 0.29) is 17.6 Å². The predicted molar refractivity (Wildman–Crippen MR) is 121 cm³/mol. The van der Waals surface area contributed by atoms with E-state index in [1.165, 1.54) is 18.2 Å². The van der Waals surface area contributed by atoms with Crippen LogP contribution in [0.4, 0.5) is 8.78 Å². The van der Waals surface area contributed by atoms with Crippen molar-refractivity contribution in [2.24, 2.45) is 0 Å². The summed E-state index contributed by atoms with van der Waals surface area (Å²) in [6, 6.07) is 11.8. The highest BCUT2D eigenvalue weighted by Gasteiger charge is 2.26. The highest BCUT2D eigenvalue weighted by atomic mass is 19.1. The van der Waals surface area contributed by atoms with Crippen LogP contribution in [0.25, 0.3) is 17.6 Å². The predicted octanol–water partition coefficient (Wildman–Crippen LogP) is 5.31. The average molecular weight is 447 g/mol. The molecule has 33 heavy (non-hydrogen) atoms. The largest absolute Gasteiger partial charge is 0.495 e. The highest BCUT2D eigenvalue weighted by molar-refractivity contribution is 5.75. The van der Waals surface area contributed by atoms with Crippen LogP contribution in [0.2, 0.25) is 0 Å². The van der Waals surface area contributed by atoms with Gasteiger partial charge in [-0.3, -0.25) is 0 Å². The van der Waals surface area contributed by atoms with Crippen LogP contribution in [0.5, 0.6) is 5.75 Å². The summed E-state index contributed by atoms with van der Waals surface area (Å²) < 4.78 is 37.6. The first-order valence-corrected chi connectivity index (χ1v) is 10.8. The molecule has 0 radical (unpaired) electrons. The molecule has 0 N–H and O–H groups in total. The molecule has 0 amide bonds. The first kappa shape index (κ1) is 21.1. The minimum Gasteiger partial charge on any atom is -0.495 e. The Morgan fingerprint density at radius 1 is 1.18 bits per heavy atom. The fraction of sp³-hybridized carbons (Fsp3) is 0.240. The SMILES string of the molecule is COc1cc(C=C(F)c2nc3n(n2)CCCC3c2ccc(F)cc2)ccc1-n1cnc(C)c1. The summed E-state index contributed by atoms with van der Waals surface area (Å²) in [6.45, 7) is 2.59. The fourth-order valence-electron chi connectivity index (χ4n) is 4.22. The van der Waals surface area contributed by atoms with E-state index in [4.69, 9.17) is 4.74 Å². The maximum atomic E-state index is 15.2. The molecule has 0 saturated heterocycles. The quantitative estimate of drug-likeness (QED) is 0.416. The second kappa shape index (κ2) is 8.61. The molecule has 1 unspecified atom stereocenters. The number of hydrogen-bond donors (Lipinski definition) is 0. The van der Waals surface area contributed by atoms with Crippen molar-refractivity contribution < 1.29 is 13.5 Å². The van der Waals surface area contributed by atoms with Gasteiger partial charge in [0.2, 0.25) is 5.82 Å². The first-order valence-electron chi connectivity index (χ1n) is 10.8. The second-order valence-corrected chi connectivity index (χ2v) is 8.11. The van der Waals surface area contributed by atoms with E-state index < -0.39 is 5.83 Å². The van der Waals surface area contributed by atoms with Gasteiger partial charge in [0.1, 0.15) is 17.4 Å². The van der Waals surface area contributed by atoms with Crippen LogP contribution in [-0.2, 0) is 6.54 Å². The van der Waals surface area contributed by atoms with Gasteiger partial charge >= 0.3 is 0 Å². The molecule has 4 aromatic rings. The number of aryl methyl sites for hydroxylation is 2. The van der Waals surface area contributed by atoms with Gasteiger partial charge in [-0.1, -0.05) is 18.2 Å². The van der Waals surface area contributed by atoms with Gasteiger partial charge in [0.15, 0.2) is 5.83 Å². The number of aromatic nitrogens is 5. The zero-order chi connectivity index (χ0) is 22.9. The lowest BCUT2D eigenvalue weighted by Gasteiger charge is -2.22. The minimum atomic E-state index is -0.525. The van der Waals surface area contributed by atoms with Gasteiger partial charge in [0.25, 0.3) is 0 Å². The first-order chi connectivity index (χ1) is 16.0. The Labute approximate surface area is 190 Å². The third-order valence-electron chi connectivity index (χ3n) is 5.85. The van der Waals surface area contributed by atoms with Gasteiger partial charge in [-0.15, -0.1) is 5.10 Å². The number of rotatable bonds is 5. The molecule has 1 aliphatic rings. The van der Waals surface area contributed by atoms with Crippen molar-refractivity contribution in [3.05, 3.63) is 89.3 Å². The highest BCUT2D eigenvalue weighted by Crippen LogP contribution is 2.33. The number of fused-ring (bicyclic) bond motifs is 1. The van der Waals surface area contributed by atoms with Crippen LogP contribution in [0.15, 0.2) is 55.0 Å². The molecule has 168 valence electrons. The number of ether oxygens (including phenoxy) is 1. The second-order valence-electron chi connectivity index (χ2n) is 8.11. The van der Waals surface area contributed by atoms with Gasteiger partial charge in [0.05, 0.1) is 24.8 Å². The van der Waals surface area contributed by atoms with Gasteiger partial charge < -0.3 is 9.30 Å². The molecule has 1 aliphatic heterocycles. The van der Waals surface area contributed by atoms with Gasteiger partial charge in [-0.25, -0.2) is 23.4 Å². The summed E-state index contributed by atoms with van der Waals surface area (Å²) in [5, 5.41) is 4.40. The Balaban J connectivity index is 1.45. The fourth-order valence-corrected chi connectivity index (χ4v) is 4.22. The number of halogens is 2. The smallest absolute Gasteiger partial charge is 0.210 e. The standard InChI is InChI=1S/C25H23F2N5O/c1-16-14-31(15-28-16)22-10-5-17(13-23(22)33-2)12-21(27)24-29-25-20(4-3-11-32(25)30-24)18-6-8-19(26)9-7-18/h5-10,12-15,20H,3-4,11H2,1-2H3. The molecule has 0 saturated carbocycles. The van der Waals surface area contributed by atoms with Gasteiger partial charge in [-0.05, 0) is 61.2 Å². The monoisotopic (exact) mass is 447 g/mol. The number of benzene rings is 2. The van der Waals surface area contributed by atoms with Crippen LogP contribution in [0, 0.1) is 12.7 Å². The molecule has 1 atom stereocenters. The zero-order valence-corrected chi connectivity index (χ0v) is 18.4. The van der Waals surface area contributed by atoms with Crippen LogP contribution in [0.1, 0.15) is 47.2 Å².